The third-order valence-electron chi connectivity index (χ3n) is 4.31. The third-order valence-corrected chi connectivity index (χ3v) is 4.31. The summed E-state index contributed by atoms with van der Waals surface area (Å²) in [6.07, 6.45) is -1.96. The van der Waals surface area contributed by atoms with Gasteiger partial charge in [0.05, 0.1) is 5.56 Å². The third kappa shape index (κ3) is 5.70. The predicted octanol–water partition coefficient (Wildman–Crippen LogP) is 3.36. The van der Waals surface area contributed by atoms with Crippen molar-refractivity contribution in [2.24, 2.45) is 5.92 Å². The number of ether oxygens (including phenoxy) is 1. The molecule has 0 bridgehead atoms. The molecule has 1 atom stereocenters. The van der Waals surface area contributed by atoms with Gasteiger partial charge in [-0.3, -0.25) is 0 Å². The molecule has 1 fully saturated rings. The van der Waals surface area contributed by atoms with E-state index in [1.165, 1.54) is 12.1 Å². The van der Waals surface area contributed by atoms with Gasteiger partial charge in [0.15, 0.2) is 0 Å². The van der Waals surface area contributed by atoms with Crippen LogP contribution in [0, 0.1) is 5.92 Å². The van der Waals surface area contributed by atoms with E-state index in [9.17, 15) is 18.0 Å². The number of alkyl halides is 3. The van der Waals surface area contributed by atoms with Crippen LogP contribution in [-0.4, -0.2) is 31.8 Å². The fourth-order valence-corrected chi connectivity index (χ4v) is 2.77. The highest BCUT2D eigenvalue weighted by molar-refractivity contribution is 5.74. The van der Waals surface area contributed by atoms with E-state index in [1.807, 2.05) is 6.92 Å². The van der Waals surface area contributed by atoms with E-state index in [-0.39, 0.29) is 12.1 Å². The van der Waals surface area contributed by atoms with Crippen molar-refractivity contribution in [3.05, 3.63) is 35.4 Å². The van der Waals surface area contributed by atoms with E-state index in [1.54, 1.807) is 0 Å². The maximum absolute atomic E-state index is 12.5. The quantitative estimate of drug-likeness (QED) is 0.860. The van der Waals surface area contributed by atoms with Crippen LogP contribution in [0.2, 0.25) is 0 Å². The predicted molar refractivity (Wildman–Crippen MR) is 84.7 cm³/mol. The Bertz CT molecular complexity index is 526. The van der Waals surface area contributed by atoms with E-state index in [0.29, 0.717) is 18.9 Å². The number of urea groups is 1. The van der Waals surface area contributed by atoms with Crippen molar-refractivity contribution in [2.45, 2.75) is 38.4 Å². The Morgan fingerprint density at radius 1 is 1.25 bits per heavy atom. The second-order valence-corrected chi connectivity index (χ2v) is 6.08. The van der Waals surface area contributed by atoms with E-state index < -0.39 is 11.7 Å². The smallest absolute Gasteiger partial charge is 0.381 e. The van der Waals surface area contributed by atoms with Crippen molar-refractivity contribution < 1.29 is 22.7 Å². The molecular formula is C17H23F3N2O2. The Labute approximate surface area is 139 Å². The van der Waals surface area contributed by atoms with Crippen molar-refractivity contribution in [3.8, 4) is 0 Å². The Kier molecular flexibility index (Phi) is 6.48. The molecule has 0 radical (unpaired) electrons. The molecule has 1 aliphatic heterocycles. The zero-order valence-corrected chi connectivity index (χ0v) is 13.7. The van der Waals surface area contributed by atoms with E-state index in [4.69, 9.17) is 4.74 Å². The number of hydrogen-bond acceptors (Lipinski definition) is 2. The zero-order valence-electron chi connectivity index (χ0n) is 13.7. The van der Waals surface area contributed by atoms with Crippen molar-refractivity contribution in [2.75, 3.05) is 19.8 Å². The molecule has 24 heavy (non-hydrogen) atoms. The molecule has 0 saturated carbocycles. The summed E-state index contributed by atoms with van der Waals surface area (Å²) in [5, 5.41) is 5.65. The number of rotatable bonds is 5. The van der Waals surface area contributed by atoms with Crippen LogP contribution in [-0.2, 0) is 17.3 Å². The fraction of sp³-hybridized carbons (Fsp3) is 0.588. The zero-order chi connectivity index (χ0) is 17.6. The molecule has 4 nitrogen and oxygen atoms in total. The minimum absolute atomic E-state index is 0.0694. The van der Waals surface area contributed by atoms with Gasteiger partial charge < -0.3 is 15.4 Å². The first-order valence-corrected chi connectivity index (χ1v) is 8.14. The monoisotopic (exact) mass is 344 g/mol. The normalized spacial score (nSPS) is 17.3. The van der Waals surface area contributed by atoms with E-state index in [0.717, 1.165) is 43.8 Å². The maximum Gasteiger partial charge on any atom is 0.416 e. The Morgan fingerprint density at radius 2 is 1.88 bits per heavy atom. The molecule has 2 rings (SSSR count). The van der Waals surface area contributed by atoms with Gasteiger partial charge in [-0.15, -0.1) is 0 Å². The molecule has 2 N–H and O–H groups in total. The van der Waals surface area contributed by atoms with Gasteiger partial charge in [0.1, 0.15) is 0 Å². The van der Waals surface area contributed by atoms with Crippen LogP contribution < -0.4 is 10.6 Å². The molecule has 1 heterocycles. The van der Waals surface area contributed by atoms with Gasteiger partial charge in [-0.2, -0.15) is 13.2 Å². The van der Waals surface area contributed by atoms with Gasteiger partial charge in [0, 0.05) is 25.8 Å². The van der Waals surface area contributed by atoms with Crippen molar-refractivity contribution >= 4 is 6.03 Å². The number of nitrogens with one attached hydrogen (secondary N) is 2. The second kappa shape index (κ2) is 8.37. The molecule has 0 spiro atoms. The highest BCUT2D eigenvalue weighted by Gasteiger charge is 2.29. The van der Waals surface area contributed by atoms with E-state index >= 15 is 0 Å². The van der Waals surface area contributed by atoms with Gasteiger partial charge in [-0.05, 0) is 49.8 Å². The molecule has 1 saturated heterocycles. The van der Waals surface area contributed by atoms with Crippen LogP contribution in [0.5, 0.6) is 0 Å². The Hall–Kier alpha value is -1.76. The molecule has 0 aliphatic carbocycles. The number of hydrogen-bond donors (Lipinski definition) is 2. The molecule has 1 aliphatic rings. The van der Waals surface area contributed by atoms with Gasteiger partial charge >= 0.3 is 12.2 Å². The number of benzene rings is 1. The van der Waals surface area contributed by atoms with Crippen LogP contribution in [0.25, 0.3) is 0 Å². The number of carbonyl (C=O) groups excluding carboxylic acids is 1. The van der Waals surface area contributed by atoms with Gasteiger partial charge in [0.2, 0.25) is 0 Å². The molecule has 2 amide bonds. The van der Waals surface area contributed by atoms with Gasteiger partial charge in [-0.25, -0.2) is 4.79 Å². The molecule has 134 valence electrons. The molecule has 1 aromatic rings. The topological polar surface area (TPSA) is 50.4 Å². The summed E-state index contributed by atoms with van der Waals surface area (Å²) in [4.78, 5) is 11.9. The first kappa shape index (κ1) is 18.6. The number of carbonyl (C=O) groups is 1. The molecule has 7 heteroatoms. The second-order valence-electron chi connectivity index (χ2n) is 6.08. The summed E-state index contributed by atoms with van der Waals surface area (Å²) < 4.78 is 42.7. The van der Waals surface area contributed by atoms with Crippen LogP contribution >= 0.6 is 0 Å². The average Bonchev–Trinajstić information content (AvgIpc) is 2.55. The van der Waals surface area contributed by atoms with Crippen molar-refractivity contribution in [1.29, 1.82) is 0 Å². The highest BCUT2D eigenvalue weighted by atomic mass is 19.4. The van der Waals surface area contributed by atoms with Crippen molar-refractivity contribution in [1.82, 2.24) is 10.6 Å². The number of amides is 2. The van der Waals surface area contributed by atoms with Crippen LogP contribution in [0.4, 0.5) is 18.0 Å². The largest absolute Gasteiger partial charge is 0.416 e. The molecule has 0 aromatic heterocycles. The van der Waals surface area contributed by atoms with Crippen LogP contribution in [0.15, 0.2) is 24.3 Å². The lowest BCUT2D eigenvalue weighted by atomic mass is 9.93. The average molecular weight is 344 g/mol. The summed E-state index contributed by atoms with van der Waals surface area (Å²) in [5.74, 6) is 0.416. The fourth-order valence-electron chi connectivity index (χ4n) is 2.77. The lowest BCUT2D eigenvalue weighted by Crippen LogP contribution is -2.45. The minimum atomic E-state index is -4.32. The summed E-state index contributed by atoms with van der Waals surface area (Å²) >= 11 is 0. The first-order chi connectivity index (χ1) is 11.4. The summed E-state index contributed by atoms with van der Waals surface area (Å²) in [7, 11) is 0. The van der Waals surface area contributed by atoms with Crippen LogP contribution in [0.1, 0.15) is 30.9 Å². The Balaban J connectivity index is 1.70. The summed E-state index contributed by atoms with van der Waals surface area (Å²) in [6.45, 7) is 3.81. The highest BCUT2D eigenvalue weighted by Crippen LogP contribution is 2.29. The first-order valence-electron chi connectivity index (χ1n) is 8.14. The standard InChI is InChI=1S/C17H23F3N2O2/c1-12(14-7-10-24-11-8-14)22-16(23)21-9-6-13-2-4-15(5-3-13)17(18,19)20/h2-5,12,14H,6-11H2,1H3,(H2,21,22,23)/t12-/m0/s1. The van der Waals surface area contributed by atoms with E-state index in [2.05, 4.69) is 10.6 Å². The van der Waals surface area contributed by atoms with Crippen LogP contribution in [0.3, 0.4) is 0 Å². The van der Waals surface area contributed by atoms with Gasteiger partial charge in [-0.1, -0.05) is 12.1 Å². The van der Waals surface area contributed by atoms with Crippen molar-refractivity contribution in [3.63, 3.8) is 0 Å². The molecule has 0 unspecified atom stereocenters. The number of halogens is 3. The minimum Gasteiger partial charge on any atom is -0.381 e. The SMILES string of the molecule is C[C@H](NC(=O)NCCc1ccc(C(F)(F)F)cc1)C1CCOCC1. The Morgan fingerprint density at radius 3 is 2.46 bits per heavy atom. The van der Waals surface area contributed by atoms with Gasteiger partial charge in [0.25, 0.3) is 0 Å². The summed E-state index contributed by atoms with van der Waals surface area (Å²) in [5.41, 5.74) is 0.0861. The maximum atomic E-state index is 12.5. The molecular weight excluding hydrogens is 321 g/mol. The summed E-state index contributed by atoms with van der Waals surface area (Å²) in [6, 6.07) is 4.81. The lowest BCUT2D eigenvalue weighted by molar-refractivity contribution is -0.137. The molecule has 1 aromatic carbocycles. The lowest BCUT2D eigenvalue weighted by Gasteiger charge is -2.28.